The molecule has 0 atom stereocenters. The molecule has 2 aromatic rings. The van der Waals surface area contributed by atoms with Gasteiger partial charge in [-0.05, 0) is 37.4 Å². The van der Waals surface area contributed by atoms with Crippen molar-refractivity contribution in [3.8, 4) is 0 Å². The van der Waals surface area contributed by atoms with Crippen molar-refractivity contribution in [1.29, 1.82) is 0 Å². The highest BCUT2D eigenvalue weighted by Gasteiger charge is 2.12. The van der Waals surface area contributed by atoms with Crippen molar-refractivity contribution in [3.63, 3.8) is 0 Å². The molecule has 0 radical (unpaired) electrons. The fraction of sp³-hybridized carbons (Fsp3) is 0.267. The van der Waals surface area contributed by atoms with Crippen LogP contribution in [-0.4, -0.2) is 23.0 Å². The number of carbonyl (C=O) groups excluding carboxylic acids is 1. The van der Waals surface area contributed by atoms with E-state index in [1.165, 1.54) is 11.3 Å². The number of aromatic nitrogens is 1. The summed E-state index contributed by atoms with van der Waals surface area (Å²) in [5, 5.41) is 4.54. The third-order valence-corrected chi connectivity index (χ3v) is 3.29. The van der Waals surface area contributed by atoms with E-state index >= 15 is 0 Å². The van der Waals surface area contributed by atoms with E-state index in [0.717, 1.165) is 5.69 Å². The SMILES string of the molecule is CC(C)OC(=NCc1ccccn1)NC(=O)c1cccs1. The van der Waals surface area contributed by atoms with Gasteiger partial charge in [0.25, 0.3) is 11.9 Å². The zero-order chi connectivity index (χ0) is 15.1. The van der Waals surface area contributed by atoms with Gasteiger partial charge < -0.3 is 4.74 Å². The minimum absolute atomic E-state index is 0.0730. The highest BCUT2D eigenvalue weighted by molar-refractivity contribution is 7.12. The highest BCUT2D eigenvalue weighted by atomic mass is 32.1. The molecule has 0 unspecified atom stereocenters. The van der Waals surface area contributed by atoms with Crippen LogP contribution in [-0.2, 0) is 11.3 Å². The van der Waals surface area contributed by atoms with Crippen LogP contribution >= 0.6 is 11.3 Å². The van der Waals surface area contributed by atoms with E-state index in [2.05, 4.69) is 15.3 Å². The summed E-state index contributed by atoms with van der Waals surface area (Å²) in [6, 6.07) is 9.41. The largest absolute Gasteiger partial charge is 0.462 e. The summed E-state index contributed by atoms with van der Waals surface area (Å²) in [7, 11) is 0. The topological polar surface area (TPSA) is 63.6 Å². The summed E-state index contributed by atoms with van der Waals surface area (Å²) >= 11 is 1.37. The molecular weight excluding hydrogens is 286 g/mol. The second-order valence-corrected chi connectivity index (χ2v) is 5.49. The summed E-state index contributed by atoms with van der Waals surface area (Å²) in [4.78, 5) is 21.1. The fourth-order valence-electron chi connectivity index (χ4n) is 1.54. The van der Waals surface area contributed by atoms with Crippen LogP contribution in [0.3, 0.4) is 0 Å². The molecule has 2 aromatic heterocycles. The summed E-state index contributed by atoms with van der Waals surface area (Å²) < 4.78 is 5.54. The van der Waals surface area contributed by atoms with Gasteiger partial charge in [-0.2, -0.15) is 0 Å². The fourth-order valence-corrected chi connectivity index (χ4v) is 2.16. The Labute approximate surface area is 127 Å². The lowest BCUT2D eigenvalue weighted by atomic mass is 10.3. The van der Waals surface area contributed by atoms with Crippen LogP contribution in [0.1, 0.15) is 29.2 Å². The van der Waals surface area contributed by atoms with Gasteiger partial charge >= 0.3 is 0 Å². The van der Waals surface area contributed by atoms with Crippen molar-refractivity contribution < 1.29 is 9.53 Å². The molecule has 0 aliphatic heterocycles. The maximum absolute atomic E-state index is 12.0. The quantitative estimate of drug-likeness (QED) is 0.698. The minimum Gasteiger partial charge on any atom is -0.462 e. The Morgan fingerprint density at radius 3 is 2.86 bits per heavy atom. The van der Waals surface area contributed by atoms with Gasteiger partial charge in [0.2, 0.25) is 0 Å². The van der Waals surface area contributed by atoms with E-state index in [-0.39, 0.29) is 18.0 Å². The van der Waals surface area contributed by atoms with Gasteiger partial charge in [0.15, 0.2) is 0 Å². The molecule has 0 spiro atoms. The van der Waals surface area contributed by atoms with Crippen LogP contribution in [0.15, 0.2) is 46.9 Å². The number of amidine groups is 1. The summed E-state index contributed by atoms with van der Waals surface area (Å²) in [6.45, 7) is 4.12. The first-order chi connectivity index (χ1) is 10.1. The van der Waals surface area contributed by atoms with Crippen molar-refractivity contribution in [2.24, 2.45) is 4.99 Å². The number of nitrogens with zero attached hydrogens (tertiary/aromatic N) is 2. The zero-order valence-corrected chi connectivity index (χ0v) is 12.8. The van der Waals surface area contributed by atoms with Crippen LogP contribution in [0.25, 0.3) is 0 Å². The second-order valence-electron chi connectivity index (χ2n) is 4.54. The Balaban J connectivity index is 2.05. The minimum atomic E-state index is -0.217. The normalized spacial score (nSPS) is 11.5. The maximum atomic E-state index is 12.0. The second kappa shape index (κ2) is 7.54. The molecule has 1 N–H and O–H groups in total. The molecule has 1 amide bonds. The first-order valence-electron chi connectivity index (χ1n) is 6.61. The Morgan fingerprint density at radius 2 is 2.24 bits per heavy atom. The van der Waals surface area contributed by atoms with Gasteiger partial charge in [-0.15, -0.1) is 11.3 Å². The molecule has 2 rings (SSSR count). The van der Waals surface area contributed by atoms with Crippen molar-refractivity contribution >= 4 is 23.3 Å². The summed E-state index contributed by atoms with van der Waals surface area (Å²) in [6.07, 6.45) is 1.63. The lowest BCUT2D eigenvalue weighted by Gasteiger charge is -2.12. The molecule has 110 valence electrons. The van der Waals surface area contributed by atoms with E-state index in [1.807, 2.05) is 43.5 Å². The van der Waals surface area contributed by atoms with Crippen LogP contribution in [0.5, 0.6) is 0 Å². The first kappa shape index (κ1) is 15.2. The summed E-state index contributed by atoms with van der Waals surface area (Å²) in [5.74, 6) is -0.217. The molecule has 0 aliphatic carbocycles. The molecule has 0 aromatic carbocycles. The number of hydrogen-bond acceptors (Lipinski definition) is 5. The monoisotopic (exact) mass is 303 g/mol. The lowest BCUT2D eigenvalue weighted by molar-refractivity contribution is 0.0963. The number of hydrogen-bond donors (Lipinski definition) is 1. The number of thiophene rings is 1. The van der Waals surface area contributed by atoms with Crippen molar-refractivity contribution in [3.05, 3.63) is 52.5 Å². The zero-order valence-electron chi connectivity index (χ0n) is 11.9. The molecule has 21 heavy (non-hydrogen) atoms. The Kier molecular flexibility index (Phi) is 5.45. The first-order valence-corrected chi connectivity index (χ1v) is 7.49. The van der Waals surface area contributed by atoms with Gasteiger partial charge in [0.1, 0.15) is 0 Å². The van der Waals surface area contributed by atoms with Crippen LogP contribution in [0, 0.1) is 0 Å². The maximum Gasteiger partial charge on any atom is 0.292 e. The molecule has 0 saturated carbocycles. The molecule has 0 aliphatic rings. The number of amides is 1. The number of aliphatic imine (C=N–C) groups is 1. The van der Waals surface area contributed by atoms with Crippen LogP contribution < -0.4 is 5.32 Å². The molecule has 6 heteroatoms. The Hall–Kier alpha value is -2.21. The smallest absolute Gasteiger partial charge is 0.292 e. The summed E-state index contributed by atoms with van der Waals surface area (Å²) in [5.41, 5.74) is 0.813. The van der Waals surface area contributed by atoms with Crippen LogP contribution in [0.4, 0.5) is 0 Å². The number of nitrogens with one attached hydrogen (secondary N) is 1. The van der Waals surface area contributed by atoms with E-state index in [1.54, 1.807) is 12.3 Å². The third-order valence-electron chi connectivity index (χ3n) is 2.42. The van der Waals surface area contributed by atoms with Crippen LogP contribution in [0.2, 0.25) is 0 Å². The third kappa shape index (κ3) is 5.00. The standard InChI is InChI=1S/C15H17N3O2S/c1-11(2)20-15(17-10-12-6-3-4-8-16-12)18-14(19)13-7-5-9-21-13/h3-9,11H,10H2,1-2H3,(H,17,18,19). The van der Waals surface area contributed by atoms with Gasteiger partial charge in [-0.1, -0.05) is 12.1 Å². The Bertz CT molecular complexity index is 595. The predicted octanol–water partition coefficient (Wildman–Crippen LogP) is 2.85. The van der Waals surface area contributed by atoms with E-state index < -0.39 is 0 Å². The Morgan fingerprint density at radius 1 is 1.38 bits per heavy atom. The van der Waals surface area contributed by atoms with E-state index in [0.29, 0.717) is 11.4 Å². The van der Waals surface area contributed by atoms with E-state index in [9.17, 15) is 4.79 Å². The molecule has 5 nitrogen and oxygen atoms in total. The average molecular weight is 303 g/mol. The van der Waals surface area contributed by atoms with Crippen molar-refractivity contribution in [2.75, 3.05) is 0 Å². The van der Waals surface area contributed by atoms with Crippen molar-refractivity contribution in [1.82, 2.24) is 10.3 Å². The molecule has 0 bridgehead atoms. The number of rotatable bonds is 4. The average Bonchev–Trinajstić information content (AvgIpc) is 2.99. The van der Waals surface area contributed by atoms with Gasteiger partial charge in [-0.3, -0.25) is 15.1 Å². The number of carbonyl (C=O) groups is 1. The van der Waals surface area contributed by atoms with Gasteiger partial charge in [0.05, 0.1) is 23.2 Å². The molecular formula is C15H17N3O2S. The lowest BCUT2D eigenvalue weighted by Crippen LogP contribution is -2.33. The van der Waals surface area contributed by atoms with E-state index in [4.69, 9.17) is 4.74 Å². The van der Waals surface area contributed by atoms with Gasteiger partial charge in [0, 0.05) is 6.20 Å². The number of pyridine rings is 1. The van der Waals surface area contributed by atoms with Gasteiger partial charge in [-0.25, -0.2) is 4.99 Å². The van der Waals surface area contributed by atoms with Crippen molar-refractivity contribution in [2.45, 2.75) is 26.5 Å². The molecule has 2 heterocycles. The highest BCUT2D eigenvalue weighted by Crippen LogP contribution is 2.08. The molecule has 0 fully saturated rings. The molecule has 0 saturated heterocycles. The predicted molar refractivity (Wildman–Crippen MR) is 83.4 cm³/mol. The number of ether oxygens (including phenoxy) is 1.